The first-order chi connectivity index (χ1) is 14.3. The Balaban J connectivity index is 1.74. The van der Waals surface area contributed by atoms with Gasteiger partial charge in [-0.2, -0.15) is 0 Å². The predicted octanol–water partition coefficient (Wildman–Crippen LogP) is 3.54. The molecule has 1 aliphatic rings. The standard InChI is InChI=1S/C23H28N4O3/c1-16(2)12-13-24-21(28)14-26-19-6-4-5-7-20(19)27(15-22(26)29)23(30)25-18-10-8-17(3)9-11-18/h4-11,16H,12-15H2,1-3H3,(H,24,28)(H,25,30). The van der Waals surface area contributed by atoms with Crippen molar-refractivity contribution in [3.8, 4) is 0 Å². The molecule has 0 aliphatic carbocycles. The first-order valence-electron chi connectivity index (χ1n) is 10.2. The lowest BCUT2D eigenvalue weighted by Crippen LogP contribution is -2.52. The van der Waals surface area contributed by atoms with E-state index in [-0.39, 0.29) is 30.9 Å². The summed E-state index contributed by atoms with van der Waals surface area (Å²) in [5.41, 5.74) is 2.89. The van der Waals surface area contributed by atoms with Crippen molar-refractivity contribution in [1.29, 1.82) is 0 Å². The number of carbonyl (C=O) groups excluding carboxylic acids is 3. The molecular formula is C23H28N4O3. The number of hydrogen-bond donors (Lipinski definition) is 2. The van der Waals surface area contributed by atoms with Crippen LogP contribution in [0.2, 0.25) is 0 Å². The van der Waals surface area contributed by atoms with Gasteiger partial charge in [0.15, 0.2) is 0 Å². The molecule has 3 rings (SSSR count). The van der Waals surface area contributed by atoms with Crippen LogP contribution in [0.1, 0.15) is 25.8 Å². The maximum Gasteiger partial charge on any atom is 0.326 e. The van der Waals surface area contributed by atoms with Gasteiger partial charge in [0, 0.05) is 12.2 Å². The third kappa shape index (κ3) is 5.17. The number of urea groups is 1. The van der Waals surface area contributed by atoms with Gasteiger partial charge in [-0.15, -0.1) is 0 Å². The summed E-state index contributed by atoms with van der Waals surface area (Å²) in [6.45, 7) is 6.53. The van der Waals surface area contributed by atoms with Gasteiger partial charge in [0.05, 0.1) is 11.4 Å². The Bertz CT molecular complexity index is 924. The molecule has 0 fully saturated rings. The second-order valence-corrected chi connectivity index (χ2v) is 7.88. The van der Waals surface area contributed by atoms with E-state index in [4.69, 9.17) is 0 Å². The lowest BCUT2D eigenvalue weighted by Gasteiger charge is -2.35. The lowest BCUT2D eigenvalue weighted by atomic mass is 10.1. The minimum Gasteiger partial charge on any atom is -0.355 e. The van der Waals surface area contributed by atoms with E-state index in [1.807, 2.05) is 37.3 Å². The molecule has 0 atom stereocenters. The second kappa shape index (κ2) is 9.43. The van der Waals surface area contributed by atoms with Gasteiger partial charge in [0.2, 0.25) is 11.8 Å². The average molecular weight is 409 g/mol. The third-order valence-corrected chi connectivity index (χ3v) is 4.95. The van der Waals surface area contributed by atoms with Gasteiger partial charge in [0.1, 0.15) is 13.1 Å². The number of hydrogen-bond acceptors (Lipinski definition) is 3. The minimum atomic E-state index is -0.388. The monoisotopic (exact) mass is 408 g/mol. The van der Waals surface area contributed by atoms with E-state index in [0.717, 1.165) is 12.0 Å². The van der Waals surface area contributed by atoms with Crippen LogP contribution in [0, 0.1) is 12.8 Å². The van der Waals surface area contributed by atoms with E-state index in [0.29, 0.717) is 29.5 Å². The molecule has 0 unspecified atom stereocenters. The Morgan fingerprint density at radius 1 is 1.03 bits per heavy atom. The van der Waals surface area contributed by atoms with Crippen LogP contribution in [-0.2, 0) is 9.59 Å². The molecule has 0 aromatic heterocycles. The summed E-state index contributed by atoms with van der Waals surface area (Å²) in [5.74, 6) is -0.0219. The number of aryl methyl sites for hydroxylation is 1. The fraction of sp³-hybridized carbons (Fsp3) is 0.348. The number of para-hydroxylation sites is 2. The van der Waals surface area contributed by atoms with E-state index in [1.54, 1.807) is 18.2 Å². The Hall–Kier alpha value is -3.35. The van der Waals surface area contributed by atoms with Gasteiger partial charge < -0.3 is 10.6 Å². The maximum absolute atomic E-state index is 12.9. The molecule has 0 radical (unpaired) electrons. The molecule has 4 amide bonds. The molecule has 0 saturated heterocycles. The summed E-state index contributed by atoms with van der Waals surface area (Å²) in [4.78, 5) is 40.9. The zero-order chi connectivity index (χ0) is 21.7. The highest BCUT2D eigenvalue weighted by atomic mass is 16.2. The Morgan fingerprint density at radius 2 is 1.70 bits per heavy atom. The normalized spacial score (nSPS) is 13.3. The predicted molar refractivity (Wildman–Crippen MR) is 119 cm³/mol. The van der Waals surface area contributed by atoms with E-state index in [9.17, 15) is 14.4 Å². The fourth-order valence-electron chi connectivity index (χ4n) is 3.24. The lowest BCUT2D eigenvalue weighted by molar-refractivity contribution is -0.123. The van der Waals surface area contributed by atoms with E-state index in [2.05, 4.69) is 24.5 Å². The summed E-state index contributed by atoms with van der Waals surface area (Å²) in [6, 6.07) is 14.2. The maximum atomic E-state index is 12.9. The quantitative estimate of drug-likeness (QED) is 0.767. The van der Waals surface area contributed by atoms with Crippen molar-refractivity contribution in [2.75, 3.05) is 34.8 Å². The molecule has 30 heavy (non-hydrogen) atoms. The van der Waals surface area contributed by atoms with Crippen LogP contribution in [0.4, 0.5) is 21.9 Å². The first-order valence-corrected chi connectivity index (χ1v) is 10.2. The summed E-state index contributed by atoms with van der Waals surface area (Å²) in [5, 5.41) is 5.69. The van der Waals surface area contributed by atoms with Gasteiger partial charge in [-0.1, -0.05) is 43.7 Å². The molecule has 2 N–H and O–H groups in total. The second-order valence-electron chi connectivity index (χ2n) is 7.88. The number of nitrogens with one attached hydrogen (secondary N) is 2. The number of carbonyl (C=O) groups is 3. The topological polar surface area (TPSA) is 81.8 Å². The van der Waals surface area contributed by atoms with E-state index < -0.39 is 0 Å². The Morgan fingerprint density at radius 3 is 2.37 bits per heavy atom. The van der Waals surface area contributed by atoms with Crippen molar-refractivity contribution in [3.63, 3.8) is 0 Å². The molecule has 0 spiro atoms. The summed E-state index contributed by atoms with van der Waals surface area (Å²) >= 11 is 0. The number of amides is 4. The van der Waals surface area contributed by atoms with Gasteiger partial charge >= 0.3 is 6.03 Å². The molecule has 1 heterocycles. The molecule has 2 aromatic rings. The molecule has 1 aliphatic heterocycles. The van der Waals surface area contributed by atoms with Crippen molar-refractivity contribution in [2.24, 2.45) is 5.92 Å². The first kappa shape index (κ1) is 21.4. The van der Waals surface area contributed by atoms with Gasteiger partial charge in [-0.05, 0) is 43.5 Å². The zero-order valence-corrected chi connectivity index (χ0v) is 17.6. The molecule has 0 bridgehead atoms. The molecule has 7 heteroatoms. The summed E-state index contributed by atoms with van der Waals surface area (Å²) in [6.07, 6.45) is 0.878. The van der Waals surface area contributed by atoms with Crippen LogP contribution in [0.15, 0.2) is 48.5 Å². The van der Waals surface area contributed by atoms with Crippen molar-refractivity contribution in [2.45, 2.75) is 27.2 Å². The molecular weight excluding hydrogens is 380 g/mol. The van der Waals surface area contributed by atoms with Crippen molar-refractivity contribution >= 4 is 34.9 Å². The Labute approximate surface area is 177 Å². The van der Waals surface area contributed by atoms with Crippen LogP contribution in [0.3, 0.4) is 0 Å². The van der Waals surface area contributed by atoms with Crippen molar-refractivity contribution < 1.29 is 14.4 Å². The minimum absolute atomic E-state index is 0.0681. The number of fused-ring (bicyclic) bond motifs is 1. The Kier molecular flexibility index (Phi) is 6.72. The largest absolute Gasteiger partial charge is 0.355 e. The molecule has 2 aromatic carbocycles. The van der Waals surface area contributed by atoms with Gasteiger partial charge in [-0.3, -0.25) is 19.4 Å². The number of nitrogens with zero attached hydrogens (tertiary/aromatic N) is 2. The van der Waals surface area contributed by atoms with Crippen LogP contribution in [-0.4, -0.2) is 37.5 Å². The van der Waals surface area contributed by atoms with Crippen molar-refractivity contribution in [1.82, 2.24) is 5.32 Å². The molecule has 0 saturated carbocycles. The summed E-state index contributed by atoms with van der Waals surface area (Å²) < 4.78 is 0. The van der Waals surface area contributed by atoms with E-state index >= 15 is 0 Å². The van der Waals surface area contributed by atoms with Crippen LogP contribution >= 0.6 is 0 Å². The zero-order valence-electron chi connectivity index (χ0n) is 17.6. The van der Waals surface area contributed by atoms with Crippen LogP contribution in [0.5, 0.6) is 0 Å². The smallest absolute Gasteiger partial charge is 0.326 e. The summed E-state index contributed by atoms with van der Waals surface area (Å²) in [7, 11) is 0. The van der Waals surface area contributed by atoms with Crippen LogP contribution in [0.25, 0.3) is 0 Å². The highest BCUT2D eigenvalue weighted by Gasteiger charge is 2.33. The van der Waals surface area contributed by atoms with Crippen molar-refractivity contribution in [3.05, 3.63) is 54.1 Å². The SMILES string of the molecule is Cc1ccc(NC(=O)N2CC(=O)N(CC(=O)NCCC(C)C)c3ccccc32)cc1. The van der Waals surface area contributed by atoms with E-state index in [1.165, 1.54) is 9.80 Å². The molecule has 158 valence electrons. The fourth-order valence-corrected chi connectivity index (χ4v) is 3.24. The van der Waals surface area contributed by atoms with Gasteiger partial charge in [-0.25, -0.2) is 4.79 Å². The third-order valence-electron chi connectivity index (χ3n) is 4.95. The number of benzene rings is 2. The number of anilines is 3. The van der Waals surface area contributed by atoms with Gasteiger partial charge in [0.25, 0.3) is 0 Å². The highest BCUT2D eigenvalue weighted by molar-refractivity contribution is 6.14. The average Bonchev–Trinajstić information content (AvgIpc) is 2.71. The molecule has 7 nitrogen and oxygen atoms in total. The number of rotatable bonds is 6. The van der Waals surface area contributed by atoms with Crippen LogP contribution < -0.4 is 20.4 Å². The highest BCUT2D eigenvalue weighted by Crippen LogP contribution is 2.33.